The Morgan fingerprint density at radius 1 is 0.971 bits per heavy atom. The van der Waals surface area contributed by atoms with E-state index in [1.54, 1.807) is 26.4 Å². The van der Waals surface area contributed by atoms with Crippen LogP contribution >= 0.6 is 11.3 Å². The zero-order valence-electron chi connectivity index (χ0n) is 18.8. The molecule has 1 amide bonds. The van der Waals surface area contributed by atoms with Crippen LogP contribution in [0.1, 0.15) is 15.9 Å². The number of nitrogens with one attached hydrogen (secondary N) is 1. The minimum Gasteiger partial charge on any atom is -0.495 e. The summed E-state index contributed by atoms with van der Waals surface area (Å²) in [6, 6.07) is 18.7. The maximum atomic E-state index is 12.9. The van der Waals surface area contributed by atoms with E-state index >= 15 is 0 Å². The van der Waals surface area contributed by atoms with Gasteiger partial charge in [0.1, 0.15) is 21.7 Å². The van der Waals surface area contributed by atoms with Gasteiger partial charge >= 0.3 is 0 Å². The third-order valence-corrected chi connectivity index (χ3v) is 8.01. The Balaban J connectivity index is 1.51. The van der Waals surface area contributed by atoms with Gasteiger partial charge in [-0.2, -0.15) is 4.31 Å². The third-order valence-electron chi connectivity index (χ3n) is 5.20. The Morgan fingerprint density at radius 2 is 1.62 bits per heavy atom. The Bertz CT molecular complexity index is 1380. The van der Waals surface area contributed by atoms with Crippen LogP contribution in [0, 0.1) is 0 Å². The molecule has 34 heavy (non-hydrogen) atoms. The number of benzene rings is 3. The van der Waals surface area contributed by atoms with Crippen LogP contribution in [0.3, 0.4) is 0 Å². The first-order chi connectivity index (χ1) is 16.3. The molecule has 0 fully saturated rings. The summed E-state index contributed by atoms with van der Waals surface area (Å²) < 4.78 is 38.6. The predicted molar refractivity (Wildman–Crippen MR) is 132 cm³/mol. The lowest BCUT2D eigenvalue weighted by molar-refractivity contribution is 0.102. The molecular formula is C24H23N3O5S2. The molecule has 0 saturated carbocycles. The topological polar surface area (TPSA) is 97.8 Å². The number of nitrogens with zero attached hydrogens (tertiary/aromatic N) is 2. The van der Waals surface area contributed by atoms with Gasteiger partial charge in [-0.3, -0.25) is 10.1 Å². The highest BCUT2D eigenvalue weighted by Crippen LogP contribution is 2.38. The number of ether oxygens (including phenoxy) is 2. The highest BCUT2D eigenvalue weighted by Gasteiger charge is 2.22. The fourth-order valence-corrected chi connectivity index (χ4v) is 5.52. The molecule has 0 saturated heterocycles. The van der Waals surface area contributed by atoms with Crippen molar-refractivity contribution in [1.29, 1.82) is 0 Å². The molecule has 0 radical (unpaired) electrons. The average molecular weight is 498 g/mol. The fraction of sp³-hybridized carbons (Fsp3) is 0.167. The van der Waals surface area contributed by atoms with Crippen LogP contribution in [0.15, 0.2) is 71.6 Å². The van der Waals surface area contributed by atoms with Crippen molar-refractivity contribution >= 4 is 42.6 Å². The number of fused-ring (bicyclic) bond motifs is 1. The molecule has 10 heteroatoms. The molecule has 176 valence electrons. The highest BCUT2D eigenvalue weighted by molar-refractivity contribution is 7.89. The van der Waals surface area contributed by atoms with E-state index in [0.717, 1.165) is 10.3 Å². The van der Waals surface area contributed by atoms with E-state index in [1.807, 2.05) is 30.3 Å². The van der Waals surface area contributed by atoms with Crippen LogP contribution in [-0.2, 0) is 16.6 Å². The second kappa shape index (κ2) is 9.80. The van der Waals surface area contributed by atoms with Crippen molar-refractivity contribution in [2.45, 2.75) is 11.4 Å². The largest absolute Gasteiger partial charge is 0.495 e. The van der Waals surface area contributed by atoms with E-state index in [9.17, 15) is 13.2 Å². The number of hydrogen-bond donors (Lipinski definition) is 1. The summed E-state index contributed by atoms with van der Waals surface area (Å²) >= 11 is 1.26. The Kier molecular flexibility index (Phi) is 6.82. The quantitative estimate of drug-likeness (QED) is 0.388. The van der Waals surface area contributed by atoms with Crippen LogP contribution in [0.4, 0.5) is 5.13 Å². The molecule has 0 spiro atoms. The first kappa shape index (κ1) is 23.7. The first-order valence-electron chi connectivity index (χ1n) is 10.3. The number of amides is 1. The van der Waals surface area contributed by atoms with Gasteiger partial charge in [-0.25, -0.2) is 13.4 Å². The monoisotopic (exact) mass is 497 g/mol. The van der Waals surface area contributed by atoms with Crippen LogP contribution in [0.2, 0.25) is 0 Å². The molecule has 1 heterocycles. The Morgan fingerprint density at radius 3 is 2.26 bits per heavy atom. The number of rotatable bonds is 8. The van der Waals surface area contributed by atoms with Crippen molar-refractivity contribution in [3.05, 3.63) is 77.9 Å². The molecule has 1 aromatic heterocycles. The molecule has 1 N–H and O–H groups in total. The van der Waals surface area contributed by atoms with Gasteiger partial charge in [0.15, 0.2) is 5.13 Å². The standard InChI is InChI=1S/C24H23N3O5S2/c1-27(15-16-7-5-4-6-8-16)34(29,30)18-11-9-17(10-12-18)23(28)26-24-25-21-19(31-2)13-14-20(32-3)22(21)33-24/h4-14H,15H2,1-3H3,(H,25,26,28). The lowest BCUT2D eigenvalue weighted by atomic mass is 10.2. The number of carbonyl (C=O) groups is 1. The minimum absolute atomic E-state index is 0.108. The van der Waals surface area contributed by atoms with Gasteiger partial charge < -0.3 is 9.47 Å². The van der Waals surface area contributed by atoms with E-state index in [-0.39, 0.29) is 11.4 Å². The molecule has 0 aliphatic carbocycles. The minimum atomic E-state index is -3.71. The zero-order valence-corrected chi connectivity index (χ0v) is 20.4. The zero-order chi connectivity index (χ0) is 24.3. The average Bonchev–Trinajstić information content (AvgIpc) is 3.27. The SMILES string of the molecule is COc1ccc(OC)c2sc(NC(=O)c3ccc(S(=O)(=O)N(C)Cc4ccccc4)cc3)nc12. The summed E-state index contributed by atoms with van der Waals surface area (Å²) in [6.07, 6.45) is 0. The summed E-state index contributed by atoms with van der Waals surface area (Å²) in [4.78, 5) is 17.3. The molecule has 4 rings (SSSR count). The van der Waals surface area contributed by atoms with Gasteiger partial charge in [-0.1, -0.05) is 41.7 Å². The fourth-order valence-electron chi connectivity index (χ4n) is 3.39. The first-order valence-corrected chi connectivity index (χ1v) is 12.5. The summed E-state index contributed by atoms with van der Waals surface area (Å²) in [7, 11) is 0.928. The Hall–Kier alpha value is -3.47. The van der Waals surface area contributed by atoms with Crippen molar-refractivity contribution in [3.8, 4) is 11.5 Å². The number of aromatic nitrogens is 1. The smallest absolute Gasteiger partial charge is 0.257 e. The lowest BCUT2D eigenvalue weighted by Gasteiger charge is -2.17. The number of thiazole rings is 1. The van der Waals surface area contributed by atoms with Gasteiger partial charge in [0.2, 0.25) is 10.0 Å². The van der Waals surface area contributed by atoms with Crippen molar-refractivity contribution in [2.24, 2.45) is 0 Å². The number of anilines is 1. The molecule has 0 aliphatic rings. The van der Waals surface area contributed by atoms with Crippen LogP contribution in [-0.4, -0.2) is 44.9 Å². The molecule has 0 unspecified atom stereocenters. The van der Waals surface area contributed by atoms with E-state index in [4.69, 9.17) is 9.47 Å². The molecule has 0 atom stereocenters. The van der Waals surface area contributed by atoms with E-state index in [2.05, 4.69) is 10.3 Å². The van der Waals surface area contributed by atoms with E-state index < -0.39 is 15.9 Å². The second-order valence-electron chi connectivity index (χ2n) is 7.39. The van der Waals surface area contributed by atoms with Gasteiger partial charge in [0.05, 0.1) is 19.1 Å². The number of sulfonamides is 1. The van der Waals surface area contributed by atoms with Gasteiger partial charge in [-0.05, 0) is 42.0 Å². The summed E-state index contributed by atoms with van der Waals surface area (Å²) in [5, 5.41) is 3.14. The van der Waals surface area contributed by atoms with Crippen molar-refractivity contribution < 1.29 is 22.7 Å². The maximum Gasteiger partial charge on any atom is 0.257 e. The van der Waals surface area contributed by atoms with Crippen molar-refractivity contribution in [1.82, 2.24) is 9.29 Å². The van der Waals surface area contributed by atoms with Crippen LogP contribution in [0.25, 0.3) is 10.2 Å². The molecule has 4 aromatic rings. The Labute approximate surface area is 201 Å². The van der Waals surface area contributed by atoms with Gasteiger partial charge in [-0.15, -0.1) is 0 Å². The van der Waals surface area contributed by atoms with E-state index in [0.29, 0.717) is 27.7 Å². The molecule has 8 nitrogen and oxygen atoms in total. The van der Waals surface area contributed by atoms with Gasteiger partial charge in [0, 0.05) is 19.2 Å². The predicted octanol–water partition coefficient (Wildman–Crippen LogP) is 4.39. The number of carbonyl (C=O) groups excluding carboxylic acids is 1. The second-order valence-corrected chi connectivity index (χ2v) is 10.4. The highest BCUT2D eigenvalue weighted by atomic mass is 32.2. The summed E-state index contributed by atoms with van der Waals surface area (Å²) in [5.41, 5.74) is 1.78. The van der Waals surface area contributed by atoms with Crippen LogP contribution in [0.5, 0.6) is 11.5 Å². The third kappa shape index (κ3) is 4.74. The number of hydrogen-bond acceptors (Lipinski definition) is 7. The molecule has 0 aliphatic heterocycles. The van der Waals surface area contributed by atoms with Crippen molar-refractivity contribution in [2.75, 3.05) is 26.6 Å². The van der Waals surface area contributed by atoms with Crippen molar-refractivity contribution in [3.63, 3.8) is 0 Å². The number of methoxy groups -OCH3 is 2. The van der Waals surface area contributed by atoms with Gasteiger partial charge in [0.25, 0.3) is 5.91 Å². The van der Waals surface area contributed by atoms with E-state index in [1.165, 1.54) is 47.0 Å². The summed E-state index contributed by atoms with van der Waals surface area (Å²) in [6.45, 7) is 0.246. The summed E-state index contributed by atoms with van der Waals surface area (Å²) in [5.74, 6) is 0.795. The molecular weight excluding hydrogens is 474 g/mol. The van der Waals surface area contributed by atoms with Crippen LogP contribution < -0.4 is 14.8 Å². The molecule has 3 aromatic carbocycles. The maximum absolute atomic E-state index is 12.9. The normalized spacial score (nSPS) is 11.5. The lowest BCUT2D eigenvalue weighted by Crippen LogP contribution is -2.26. The molecule has 0 bridgehead atoms.